The van der Waals surface area contributed by atoms with Crippen molar-refractivity contribution in [1.29, 1.82) is 0 Å². The van der Waals surface area contributed by atoms with Crippen molar-refractivity contribution >= 4 is 5.97 Å². The molecule has 3 nitrogen and oxygen atoms in total. The Labute approximate surface area is 66.1 Å². The van der Waals surface area contributed by atoms with E-state index in [0.29, 0.717) is 0 Å². The van der Waals surface area contributed by atoms with Crippen LogP contribution in [0.15, 0.2) is 0 Å². The van der Waals surface area contributed by atoms with Gasteiger partial charge in [-0.25, -0.2) is 0 Å². The van der Waals surface area contributed by atoms with E-state index in [1.54, 1.807) is 0 Å². The van der Waals surface area contributed by atoms with Crippen LogP contribution in [0.4, 0.5) is 0 Å². The molecule has 0 aliphatic rings. The molecule has 0 atom stereocenters. The van der Waals surface area contributed by atoms with Gasteiger partial charge >= 0.3 is 37.7 Å². The smallest absolute Gasteiger partial charge is 0.870 e. The van der Waals surface area contributed by atoms with E-state index < -0.39 is 5.97 Å². The van der Waals surface area contributed by atoms with Gasteiger partial charge in [0.2, 0.25) is 0 Å². The molecular formula is C2H4Li2O3. The van der Waals surface area contributed by atoms with Gasteiger partial charge in [0.15, 0.2) is 0 Å². The third-order valence-electron chi connectivity index (χ3n) is 0. The van der Waals surface area contributed by atoms with Crippen molar-refractivity contribution in [2.75, 3.05) is 0 Å². The summed E-state index contributed by atoms with van der Waals surface area (Å²) >= 11 is 0. The minimum absolute atomic E-state index is 0. The van der Waals surface area contributed by atoms with Gasteiger partial charge in [-0.15, -0.1) is 0 Å². The summed E-state index contributed by atoms with van der Waals surface area (Å²) in [7, 11) is 0. The molecule has 0 fully saturated rings. The van der Waals surface area contributed by atoms with Gasteiger partial charge in [0, 0.05) is 5.97 Å². The van der Waals surface area contributed by atoms with Crippen molar-refractivity contribution in [1.82, 2.24) is 0 Å². The first kappa shape index (κ1) is 25.5. The third-order valence-corrected chi connectivity index (χ3v) is 0. The first-order valence-electron chi connectivity index (χ1n) is 0.908. The van der Waals surface area contributed by atoms with Gasteiger partial charge in [-0.05, 0) is 6.92 Å². The van der Waals surface area contributed by atoms with Crippen LogP contribution in [0.2, 0.25) is 0 Å². The standard InChI is InChI=1S/C2H4O2.2Li.H2O/c1-2(3)4;;;/h1H3,(H,3,4);;;1H2/q;2*+1;/p-2. The molecule has 0 saturated carbocycles. The molecule has 1 N–H and O–H groups in total. The minimum atomic E-state index is -1.08. The number of rotatable bonds is 0. The molecule has 0 heterocycles. The molecule has 0 saturated heterocycles. The van der Waals surface area contributed by atoms with Crippen molar-refractivity contribution < 1.29 is 53.1 Å². The van der Waals surface area contributed by atoms with E-state index in [-0.39, 0.29) is 43.2 Å². The van der Waals surface area contributed by atoms with E-state index in [4.69, 9.17) is 9.90 Å². The monoisotopic (exact) mass is 90.0 g/mol. The van der Waals surface area contributed by atoms with Crippen LogP contribution < -0.4 is 42.8 Å². The largest absolute Gasteiger partial charge is 1.00 e. The maximum absolute atomic E-state index is 8.89. The van der Waals surface area contributed by atoms with E-state index in [1.165, 1.54) is 0 Å². The number of hydrogen-bond donors (Lipinski definition) is 0. The maximum atomic E-state index is 8.89. The Morgan fingerprint density at radius 3 is 1.43 bits per heavy atom. The summed E-state index contributed by atoms with van der Waals surface area (Å²) in [5.74, 6) is -1.08. The van der Waals surface area contributed by atoms with Crippen molar-refractivity contribution in [3.63, 3.8) is 0 Å². The van der Waals surface area contributed by atoms with Crippen LogP contribution in [0.3, 0.4) is 0 Å². The number of carbonyl (C=O) groups is 1. The second kappa shape index (κ2) is 16.0. The van der Waals surface area contributed by atoms with Gasteiger partial charge in [0.05, 0.1) is 0 Å². The molecular weight excluding hydrogens is 85.9 g/mol. The number of carbonyl (C=O) groups excluding carboxylic acids is 1. The fourth-order valence-corrected chi connectivity index (χ4v) is 0. The molecule has 0 aliphatic carbocycles. The van der Waals surface area contributed by atoms with Crippen LogP contribution in [-0.2, 0) is 4.79 Å². The molecule has 7 heavy (non-hydrogen) atoms. The van der Waals surface area contributed by atoms with Crippen LogP contribution in [0, 0.1) is 0 Å². The molecule has 0 aliphatic heterocycles. The van der Waals surface area contributed by atoms with E-state index in [0.717, 1.165) is 6.92 Å². The molecule has 0 amide bonds. The van der Waals surface area contributed by atoms with Crippen LogP contribution in [-0.4, -0.2) is 11.4 Å². The fourth-order valence-electron chi connectivity index (χ4n) is 0. The Balaban J connectivity index is -0.0000000150. The number of aliphatic carboxylic acids is 1. The van der Waals surface area contributed by atoms with Gasteiger partial charge in [0.1, 0.15) is 0 Å². The van der Waals surface area contributed by atoms with Crippen molar-refractivity contribution in [2.45, 2.75) is 6.92 Å². The first-order valence-corrected chi connectivity index (χ1v) is 0.908. The van der Waals surface area contributed by atoms with Crippen molar-refractivity contribution in [2.24, 2.45) is 0 Å². The van der Waals surface area contributed by atoms with E-state index >= 15 is 0 Å². The summed E-state index contributed by atoms with van der Waals surface area (Å²) < 4.78 is 0. The Bertz CT molecular complexity index is 33.9. The number of carboxylic acids is 1. The van der Waals surface area contributed by atoms with Crippen molar-refractivity contribution in [3.8, 4) is 0 Å². The van der Waals surface area contributed by atoms with Gasteiger partial charge in [-0.3, -0.25) is 0 Å². The Morgan fingerprint density at radius 1 is 1.43 bits per heavy atom. The Hall–Kier alpha value is 0.625. The minimum Gasteiger partial charge on any atom is -0.870 e. The quantitative estimate of drug-likeness (QED) is 0.277. The topological polar surface area (TPSA) is 70.1 Å². The zero-order valence-electron chi connectivity index (χ0n) is 4.76. The normalized spacial score (nSPS) is 3.57. The number of carboxylic acid groups (broad SMARTS) is 1. The Morgan fingerprint density at radius 2 is 1.43 bits per heavy atom. The first-order chi connectivity index (χ1) is 1.73. The van der Waals surface area contributed by atoms with E-state index in [1.807, 2.05) is 0 Å². The molecule has 32 valence electrons. The molecule has 0 bridgehead atoms. The van der Waals surface area contributed by atoms with Crippen LogP contribution in [0.5, 0.6) is 0 Å². The molecule has 0 aromatic carbocycles. The second-order valence-electron chi connectivity index (χ2n) is 0.492. The molecule has 0 unspecified atom stereocenters. The molecule has 0 rings (SSSR count). The van der Waals surface area contributed by atoms with E-state index in [9.17, 15) is 0 Å². The molecule has 0 spiro atoms. The van der Waals surface area contributed by atoms with Gasteiger partial charge in [0.25, 0.3) is 0 Å². The predicted octanol–water partition coefficient (Wildman–Crippen LogP) is -7.41. The molecule has 0 aromatic rings. The molecule has 5 heteroatoms. The second-order valence-corrected chi connectivity index (χ2v) is 0.492. The summed E-state index contributed by atoms with van der Waals surface area (Å²) in [6, 6.07) is 0. The SMILES string of the molecule is CC(=O)[O-].[Li+].[Li+].[OH-]. The average molecular weight is 89.9 g/mol. The summed E-state index contributed by atoms with van der Waals surface area (Å²) in [5, 5.41) is 8.89. The Kier molecular flexibility index (Phi) is 58.0. The third kappa shape index (κ3) is 363. The van der Waals surface area contributed by atoms with Crippen molar-refractivity contribution in [3.05, 3.63) is 0 Å². The fraction of sp³-hybridized carbons (Fsp3) is 0.500. The zero-order valence-corrected chi connectivity index (χ0v) is 4.76. The van der Waals surface area contributed by atoms with Crippen LogP contribution in [0.25, 0.3) is 0 Å². The van der Waals surface area contributed by atoms with Gasteiger partial charge in [-0.2, -0.15) is 0 Å². The van der Waals surface area contributed by atoms with Gasteiger partial charge < -0.3 is 15.4 Å². The zero-order chi connectivity index (χ0) is 3.58. The molecule has 0 radical (unpaired) electrons. The summed E-state index contributed by atoms with van der Waals surface area (Å²) in [6.07, 6.45) is 0. The predicted molar refractivity (Wildman–Crippen MR) is 12.6 cm³/mol. The average Bonchev–Trinajstić information content (AvgIpc) is 0.811. The van der Waals surface area contributed by atoms with Gasteiger partial charge in [-0.1, -0.05) is 0 Å². The summed E-state index contributed by atoms with van der Waals surface area (Å²) in [6.45, 7) is 0.972. The van der Waals surface area contributed by atoms with Crippen LogP contribution in [0.1, 0.15) is 6.92 Å². The summed E-state index contributed by atoms with van der Waals surface area (Å²) in [4.78, 5) is 8.89. The maximum Gasteiger partial charge on any atom is 1.00 e. The van der Waals surface area contributed by atoms with Crippen LogP contribution >= 0.6 is 0 Å². The molecule has 0 aromatic heterocycles. The number of hydrogen-bond acceptors (Lipinski definition) is 3. The van der Waals surface area contributed by atoms with E-state index in [2.05, 4.69) is 0 Å². The summed E-state index contributed by atoms with van der Waals surface area (Å²) in [5.41, 5.74) is 0.